The summed E-state index contributed by atoms with van der Waals surface area (Å²) in [4.78, 5) is 26.0. The van der Waals surface area contributed by atoms with Gasteiger partial charge >= 0.3 is 0 Å². The van der Waals surface area contributed by atoms with E-state index in [1.54, 1.807) is 4.90 Å². The highest BCUT2D eigenvalue weighted by Gasteiger charge is 2.29. The van der Waals surface area contributed by atoms with Crippen LogP contribution >= 0.6 is 0 Å². The molecule has 1 saturated carbocycles. The summed E-state index contributed by atoms with van der Waals surface area (Å²) < 4.78 is 0. The molecule has 24 heavy (non-hydrogen) atoms. The Morgan fingerprint density at radius 2 is 1.75 bits per heavy atom. The Bertz CT molecular complexity index is 748. The first-order chi connectivity index (χ1) is 11.5. The van der Waals surface area contributed by atoms with Gasteiger partial charge in [0.2, 0.25) is 5.91 Å². The molecule has 1 fully saturated rings. The predicted molar refractivity (Wildman–Crippen MR) is 94.4 cm³/mol. The molecular formula is C20H22N2O2. The van der Waals surface area contributed by atoms with Crippen molar-refractivity contribution in [3.8, 4) is 11.1 Å². The average Bonchev–Trinajstić information content (AvgIpc) is 3.38. The molecule has 0 aromatic heterocycles. The molecule has 4 heteroatoms. The van der Waals surface area contributed by atoms with E-state index in [9.17, 15) is 9.59 Å². The van der Waals surface area contributed by atoms with Gasteiger partial charge in [-0.25, -0.2) is 0 Å². The van der Waals surface area contributed by atoms with Crippen LogP contribution in [0.25, 0.3) is 11.1 Å². The maximum absolute atomic E-state index is 13.0. The van der Waals surface area contributed by atoms with E-state index in [-0.39, 0.29) is 12.5 Å². The quantitative estimate of drug-likeness (QED) is 0.888. The van der Waals surface area contributed by atoms with Crippen LogP contribution in [0.5, 0.6) is 0 Å². The zero-order valence-electron chi connectivity index (χ0n) is 13.9. The Balaban J connectivity index is 1.93. The molecule has 1 aliphatic carbocycles. The van der Waals surface area contributed by atoms with Crippen molar-refractivity contribution in [2.45, 2.75) is 19.8 Å². The monoisotopic (exact) mass is 322 g/mol. The van der Waals surface area contributed by atoms with Gasteiger partial charge in [0.25, 0.3) is 5.91 Å². The van der Waals surface area contributed by atoms with E-state index in [4.69, 9.17) is 5.73 Å². The second-order valence-electron chi connectivity index (χ2n) is 6.51. The van der Waals surface area contributed by atoms with E-state index < -0.39 is 5.91 Å². The maximum atomic E-state index is 13.0. The molecule has 2 N–H and O–H groups in total. The Labute approximate surface area is 142 Å². The lowest BCUT2D eigenvalue weighted by atomic mass is 9.98. The number of nitrogens with two attached hydrogens (primary N) is 1. The third-order valence-corrected chi connectivity index (χ3v) is 4.33. The van der Waals surface area contributed by atoms with Gasteiger partial charge in [-0.1, -0.05) is 48.0 Å². The van der Waals surface area contributed by atoms with E-state index >= 15 is 0 Å². The van der Waals surface area contributed by atoms with Crippen molar-refractivity contribution in [1.82, 2.24) is 4.90 Å². The van der Waals surface area contributed by atoms with Gasteiger partial charge in [0.15, 0.2) is 0 Å². The average molecular weight is 322 g/mol. The Hall–Kier alpha value is -2.62. The fourth-order valence-corrected chi connectivity index (χ4v) is 2.84. The van der Waals surface area contributed by atoms with E-state index in [0.29, 0.717) is 18.0 Å². The number of hydrogen-bond acceptors (Lipinski definition) is 2. The third-order valence-electron chi connectivity index (χ3n) is 4.33. The van der Waals surface area contributed by atoms with Crippen molar-refractivity contribution in [2.24, 2.45) is 11.7 Å². The molecular weight excluding hydrogens is 300 g/mol. The minimum Gasteiger partial charge on any atom is -0.368 e. The molecule has 124 valence electrons. The van der Waals surface area contributed by atoms with E-state index in [1.807, 2.05) is 55.5 Å². The van der Waals surface area contributed by atoms with Gasteiger partial charge in [0.05, 0.1) is 6.54 Å². The number of benzene rings is 2. The number of hydrogen-bond donors (Lipinski definition) is 1. The fraction of sp³-hybridized carbons (Fsp3) is 0.300. The number of primary amides is 1. The van der Waals surface area contributed by atoms with Crippen molar-refractivity contribution in [2.75, 3.05) is 13.1 Å². The molecule has 4 nitrogen and oxygen atoms in total. The van der Waals surface area contributed by atoms with Crippen molar-refractivity contribution < 1.29 is 9.59 Å². The van der Waals surface area contributed by atoms with E-state index in [1.165, 1.54) is 5.56 Å². The molecule has 3 rings (SSSR count). The zero-order valence-corrected chi connectivity index (χ0v) is 13.9. The number of carbonyl (C=O) groups excluding carboxylic acids is 2. The van der Waals surface area contributed by atoms with Gasteiger partial charge in [0, 0.05) is 12.1 Å². The summed E-state index contributed by atoms with van der Waals surface area (Å²) in [6.45, 7) is 2.60. The molecule has 0 atom stereocenters. The van der Waals surface area contributed by atoms with Crippen molar-refractivity contribution >= 4 is 11.8 Å². The topological polar surface area (TPSA) is 63.4 Å². The van der Waals surface area contributed by atoms with Crippen LogP contribution in [0.15, 0.2) is 48.5 Å². The van der Waals surface area contributed by atoms with Gasteiger partial charge in [0.1, 0.15) is 0 Å². The minimum absolute atomic E-state index is 0.0302. The molecule has 0 heterocycles. The molecule has 2 aromatic carbocycles. The number of carbonyl (C=O) groups is 2. The second kappa shape index (κ2) is 6.87. The van der Waals surface area contributed by atoms with Gasteiger partial charge < -0.3 is 10.6 Å². The highest BCUT2D eigenvalue weighted by atomic mass is 16.2. The molecule has 2 amide bonds. The summed E-state index contributed by atoms with van der Waals surface area (Å²) in [5, 5.41) is 0. The largest absolute Gasteiger partial charge is 0.368 e. The number of rotatable bonds is 6. The minimum atomic E-state index is -0.475. The van der Waals surface area contributed by atoms with Crippen LogP contribution < -0.4 is 5.73 Å². The smallest absolute Gasteiger partial charge is 0.254 e. The van der Waals surface area contributed by atoms with Crippen LogP contribution in [0.4, 0.5) is 0 Å². The number of aryl methyl sites for hydroxylation is 1. The fourth-order valence-electron chi connectivity index (χ4n) is 2.84. The zero-order chi connectivity index (χ0) is 17.1. The first-order valence-electron chi connectivity index (χ1n) is 8.28. The highest BCUT2D eigenvalue weighted by Crippen LogP contribution is 2.31. The van der Waals surface area contributed by atoms with Crippen molar-refractivity contribution in [3.63, 3.8) is 0 Å². The summed E-state index contributed by atoms with van der Waals surface area (Å²) in [6, 6.07) is 15.6. The van der Waals surface area contributed by atoms with Crippen LogP contribution in [0, 0.1) is 12.8 Å². The van der Waals surface area contributed by atoms with E-state index in [0.717, 1.165) is 24.0 Å². The summed E-state index contributed by atoms with van der Waals surface area (Å²) in [5.74, 6) is -0.103. The van der Waals surface area contributed by atoms with Crippen LogP contribution in [0.2, 0.25) is 0 Å². The van der Waals surface area contributed by atoms with Crippen molar-refractivity contribution in [3.05, 3.63) is 59.7 Å². The number of amides is 2. The molecule has 0 spiro atoms. The van der Waals surface area contributed by atoms with Crippen LogP contribution in [0.1, 0.15) is 28.8 Å². The molecule has 0 saturated heterocycles. The predicted octanol–water partition coefficient (Wildman–Crippen LogP) is 3.00. The molecule has 2 aromatic rings. The summed E-state index contributed by atoms with van der Waals surface area (Å²) in [5.41, 5.74) is 9.00. The molecule has 0 radical (unpaired) electrons. The standard InChI is InChI=1S/C20H22N2O2/c1-14-6-10-16(11-7-14)17-4-2-3-5-18(17)20(24)22(13-19(21)23)12-15-8-9-15/h2-7,10-11,15H,8-9,12-13H2,1H3,(H2,21,23). The first kappa shape index (κ1) is 16.2. The highest BCUT2D eigenvalue weighted by molar-refractivity contribution is 6.02. The Kier molecular flexibility index (Phi) is 4.65. The van der Waals surface area contributed by atoms with Crippen LogP contribution in [0.3, 0.4) is 0 Å². The molecule has 1 aliphatic rings. The Morgan fingerprint density at radius 3 is 2.38 bits per heavy atom. The SMILES string of the molecule is Cc1ccc(-c2ccccc2C(=O)N(CC(N)=O)CC2CC2)cc1. The lowest BCUT2D eigenvalue weighted by molar-refractivity contribution is -0.118. The van der Waals surface area contributed by atoms with Crippen LogP contribution in [-0.4, -0.2) is 29.8 Å². The maximum Gasteiger partial charge on any atom is 0.254 e. The Morgan fingerprint density at radius 1 is 1.08 bits per heavy atom. The summed E-state index contributed by atoms with van der Waals surface area (Å²) >= 11 is 0. The first-order valence-corrected chi connectivity index (χ1v) is 8.28. The van der Waals surface area contributed by atoms with Gasteiger partial charge in [-0.2, -0.15) is 0 Å². The van der Waals surface area contributed by atoms with Gasteiger partial charge in [-0.15, -0.1) is 0 Å². The van der Waals surface area contributed by atoms with E-state index in [2.05, 4.69) is 0 Å². The molecule has 0 aliphatic heterocycles. The van der Waals surface area contributed by atoms with Crippen LogP contribution in [-0.2, 0) is 4.79 Å². The summed E-state index contributed by atoms with van der Waals surface area (Å²) in [7, 11) is 0. The van der Waals surface area contributed by atoms with Crippen molar-refractivity contribution in [1.29, 1.82) is 0 Å². The van der Waals surface area contributed by atoms with Gasteiger partial charge in [-0.05, 0) is 42.9 Å². The third kappa shape index (κ3) is 3.82. The number of nitrogens with zero attached hydrogens (tertiary/aromatic N) is 1. The molecule has 0 bridgehead atoms. The lowest BCUT2D eigenvalue weighted by Gasteiger charge is -2.22. The van der Waals surface area contributed by atoms with Gasteiger partial charge in [-0.3, -0.25) is 9.59 Å². The second-order valence-corrected chi connectivity index (χ2v) is 6.51. The lowest BCUT2D eigenvalue weighted by Crippen LogP contribution is -2.39. The normalized spacial score (nSPS) is 13.5. The molecule has 0 unspecified atom stereocenters. The summed E-state index contributed by atoms with van der Waals surface area (Å²) in [6.07, 6.45) is 2.23.